The molecule has 1 aromatic rings. The second kappa shape index (κ2) is 6.68. The number of benzene rings is 1. The quantitative estimate of drug-likeness (QED) is 0.638. The minimum atomic E-state index is -0.497. The van der Waals surface area contributed by atoms with E-state index in [1.165, 1.54) is 25.0 Å². The molecule has 20 heavy (non-hydrogen) atoms. The second-order valence-electron chi connectivity index (χ2n) is 5.57. The smallest absolute Gasteiger partial charge is 0.271 e. The number of hydrogen-bond donors (Lipinski definition) is 1. The van der Waals surface area contributed by atoms with Gasteiger partial charge >= 0.3 is 0 Å². The van der Waals surface area contributed by atoms with Gasteiger partial charge in [-0.3, -0.25) is 10.1 Å². The van der Waals surface area contributed by atoms with Crippen molar-refractivity contribution >= 4 is 11.4 Å². The van der Waals surface area contributed by atoms with Gasteiger partial charge in [0.05, 0.1) is 10.6 Å². The number of halogens is 1. The summed E-state index contributed by atoms with van der Waals surface area (Å²) in [6, 6.07) is 3.86. The predicted octanol–water partition coefficient (Wildman–Crippen LogP) is 4.50. The normalized spacial score (nSPS) is 22.5. The molecule has 0 spiro atoms. The van der Waals surface area contributed by atoms with Gasteiger partial charge in [-0.05, 0) is 37.7 Å². The van der Waals surface area contributed by atoms with Crippen molar-refractivity contribution in [2.75, 3.05) is 5.32 Å². The Balaban J connectivity index is 1.97. The predicted molar refractivity (Wildman–Crippen MR) is 77.3 cm³/mol. The monoisotopic (exact) mass is 280 g/mol. The summed E-state index contributed by atoms with van der Waals surface area (Å²) in [6.45, 7) is 2.20. The third-order valence-corrected chi connectivity index (χ3v) is 4.06. The molecule has 1 fully saturated rings. The molecule has 0 atom stereocenters. The number of hydrogen-bond acceptors (Lipinski definition) is 3. The van der Waals surface area contributed by atoms with Gasteiger partial charge < -0.3 is 5.32 Å². The molecule has 5 heteroatoms. The van der Waals surface area contributed by atoms with Crippen LogP contribution in [0.2, 0.25) is 0 Å². The van der Waals surface area contributed by atoms with E-state index < -0.39 is 10.7 Å². The van der Waals surface area contributed by atoms with E-state index in [1.54, 1.807) is 0 Å². The van der Waals surface area contributed by atoms with Gasteiger partial charge in [0.2, 0.25) is 0 Å². The lowest BCUT2D eigenvalue weighted by molar-refractivity contribution is -0.384. The third-order valence-electron chi connectivity index (χ3n) is 4.06. The van der Waals surface area contributed by atoms with E-state index in [0.717, 1.165) is 37.7 Å². The maximum atomic E-state index is 13.7. The molecule has 0 bridgehead atoms. The van der Waals surface area contributed by atoms with Crippen LogP contribution in [0, 0.1) is 21.8 Å². The zero-order valence-corrected chi connectivity index (χ0v) is 11.8. The van der Waals surface area contributed by atoms with Crippen molar-refractivity contribution in [1.29, 1.82) is 0 Å². The van der Waals surface area contributed by atoms with Crippen molar-refractivity contribution in [3.8, 4) is 0 Å². The molecule has 1 aliphatic rings. The fraction of sp³-hybridized carbons (Fsp3) is 0.600. The molecule has 1 N–H and O–H groups in total. The van der Waals surface area contributed by atoms with Gasteiger partial charge in [-0.1, -0.05) is 19.8 Å². The van der Waals surface area contributed by atoms with E-state index in [-0.39, 0.29) is 17.4 Å². The fourth-order valence-corrected chi connectivity index (χ4v) is 2.96. The van der Waals surface area contributed by atoms with Crippen LogP contribution in [-0.4, -0.2) is 11.0 Å². The van der Waals surface area contributed by atoms with Crippen molar-refractivity contribution in [3.05, 3.63) is 34.1 Å². The Kier molecular flexibility index (Phi) is 4.93. The Hall–Kier alpha value is -1.65. The minimum absolute atomic E-state index is 0.0754. The van der Waals surface area contributed by atoms with Gasteiger partial charge in [0, 0.05) is 18.2 Å². The van der Waals surface area contributed by atoms with Gasteiger partial charge in [0.1, 0.15) is 5.82 Å². The molecule has 0 aromatic heterocycles. The van der Waals surface area contributed by atoms with Crippen LogP contribution in [0.1, 0.15) is 45.4 Å². The average Bonchev–Trinajstić information content (AvgIpc) is 2.43. The molecular formula is C15H21FN2O2. The van der Waals surface area contributed by atoms with E-state index in [0.29, 0.717) is 0 Å². The Morgan fingerprint density at radius 2 is 2.05 bits per heavy atom. The number of nitro benzene ring substituents is 1. The van der Waals surface area contributed by atoms with Crippen LogP contribution in [0.25, 0.3) is 0 Å². The first-order valence-corrected chi connectivity index (χ1v) is 7.30. The van der Waals surface area contributed by atoms with Crippen LogP contribution in [0.3, 0.4) is 0 Å². The first kappa shape index (κ1) is 14.8. The number of nitrogens with zero attached hydrogens (tertiary/aromatic N) is 1. The lowest BCUT2D eigenvalue weighted by Crippen LogP contribution is -2.26. The zero-order valence-electron chi connectivity index (χ0n) is 11.8. The van der Waals surface area contributed by atoms with Gasteiger partial charge in [-0.2, -0.15) is 0 Å². The number of anilines is 1. The van der Waals surface area contributed by atoms with E-state index in [9.17, 15) is 14.5 Å². The molecule has 1 aliphatic carbocycles. The Morgan fingerprint density at radius 3 is 2.65 bits per heavy atom. The molecule has 1 saturated carbocycles. The summed E-state index contributed by atoms with van der Waals surface area (Å²) in [7, 11) is 0. The van der Waals surface area contributed by atoms with Crippen molar-refractivity contribution in [3.63, 3.8) is 0 Å². The summed E-state index contributed by atoms with van der Waals surface area (Å²) in [5.74, 6) is 0.360. The second-order valence-corrected chi connectivity index (χ2v) is 5.57. The molecule has 0 heterocycles. The van der Waals surface area contributed by atoms with Gasteiger partial charge in [0.25, 0.3) is 5.69 Å². The van der Waals surface area contributed by atoms with Crippen LogP contribution < -0.4 is 5.32 Å². The first-order valence-electron chi connectivity index (χ1n) is 7.30. The van der Waals surface area contributed by atoms with Crippen molar-refractivity contribution in [1.82, 2.24) is 0 Å². The summed E-state index contributed by atoms with van der Waals surface area (Å²) in [5, 5.41) is 13.9. The average molecular weight is 280 g/mol. The molecular weight excluding hydrogens is 259 g/mol. The summed E-state index contributed by atoms with van der Waals surface area (Å²) in [4.78, 5) is 10.2. The van der Waals surface area contributed by atoms with E-state index in [2.05, 4.69) is 12.2 Å². The molecule has 0 unspecified atom stereocenters. The summed E-state index contributed by atoms with van der Waals surface area (Å²) in [6.07, 6.45) is 6.80. The molecule has 0 amide bonds. The molecule has 1 aromatic carbocycles. The highest BCUT2D eigenvalue weighted by atomic mass is 19.1. The number of non-ortho nitro benzene ring substituents is 1. The van der Waals surface area contributed by atoms with Crippen LogP contribution in [0.15, 0.2) is 18.2 Å². The van der Waals surface area contributed by atoms with E-state index in [4.69, 9.17) is 0 Å². The first-order chi connectivity index (χ1) is 9.60. The van der Waals surface area contributed by atoms with Gasteiger partial charge in [-0.25, -0.2) is 4.39 Å². The number of rotatable bonds is 5. The molecule has 110 valence electrons. The van der Waals surface area contributed by atoms with Gasteiger partial charge in [-0.15, -0.1) is 0 Å². The van der Waals surface area contributed by atoms with Crippen LogP contribution in [0.4, 0.5) is 15.8 Å². The lowest BCUT2D eigenvalue weighted by Gasteiger charge is -2.29. The zero-order chi connectivity index (χ0) is 14.5. The third kappa shape index (κ3) is 3.68. The van der Waals surface area contributed by atoms with Gasteiger partial charge in [0.15, 0.2) is 0 Å². The molecule has 0 radical (unpaired) electrons. The molecule has 0 saturated heterocycles. The Morgan fingerprint density at radius 1 is 1.35 bits per heavy atom. The topological polar surface area (TPSA) is 55.2 Å². The maximum absolute atomic E-state index is 13.7. The van der Waals surface area contributed by atoms with E-state index >= 15 is 0 Å². The number of nitrogens with one attached hydrogen (secondary N) is 1. The maximum Gasteiger partial charge on any atom is 0.271 e. The SMILES string of the molecule is CCCC1CCC(Nc2cc([N+](=O)[O-])ccc2F)CC1. The largest absolute Gasteiger partial charge is 0.380 e. The highest BCUT2D eigenvalue weighted by molar-refractivity contribution is 5.52. The van der Waals surface area contributed by atoms with Crippen molar-refractivity contribution < 1.29 is 9.31 Å². The molecule has 0 aliphatic heterocycles. The Labute approximate surface area is 118 Å². The Bertz CT molecular complexity index is 471. The fourth-order valence-electron chi connectivity index (χ4n) is 2.96. The van der Waals surface area contributed by atoms with Crippen LogP contribution in [-0.2, 0) is 0 Å². The standard InChI is InChI=1S/C15H21FN2O2/c1-2-3-11-4-6-12(7-5-11)17-15-10-13(18(19)20)8-9-14(15)16/h8-12,17H,2-7H2,1H3. The highest BCUT2D eigenvalue weighted by Crippen LogP contribution is 2.30. The molecule has 2 rings (SSSR count). The highest BCUT2D eigenvalue weighted by Gasteiger charge is 2.21. The van der Waals surface area contributed by atoms with Crippen LogP contribution in [0.5, 0.6) is 0 Å². The number of nitro groups is 1. The van der Waals surface area contributed by atoms with Crippen molar-refractivity contribution in [2.24, 2.45) is 5.92 Å². The van der Waals surface area contributed by atoms with Crippen molar-refractivity contribution in [2.45, 2.75) is 51.5 Å². The van der Waals surface area contributed by atoms with Crippen LogP contribution >= 0.6 is 0 Å². The lowest BCUT2D eigenvalue weighted by atomic mass is 9.83. The summed E-state index contributed by atoms with van der Waals surface area (Å²) < 4.78 is 13.7. The van der Waals surface area contributed by atoms with E-state index in [1.807, 2.05) is 0 Å². The summed E-state index contributed by atoms with van der Waals surface area (Å²) >= 11 is 0. The summed E-state index contributed by atoms with van der Waals surface area (Å²) in [5.41, 5.74) is 0.173. The molecule has 4 nitrogen and oxygen atoms in total. The minimum Gasteiger partial charge on any atom is -0.380 e.